The molecule has 1 saturated carbocycles. The fourth-order valence-electron chi connectivity index (χ4n) is 2.88. The molecule has 0 bridgehead atoms. The summed E-state index contributed by atoms with van der Waals surface area (Å²) in [5, 5.41) is 13.1. The summed E-state index contributed by atoms with van der Waals surface area (Å²) in [4.78, 5) is 0. The first-order chi connectivity index (χ1) is 8.64. The maximum Gasteiger partial charge on any atom is 0.0556 e. The van der Waals surface area contributed by atoms with Gasteiger partial charge in [0.25, 0.3) is 0 Å². The highest BCUT2D eigenvalue weighted by atomic mass is 35.5. The van der Waals surface area contributed by atoms with Gasteiger partial charge in [-0.3, -0.25) is 0 Å². The monoisotopic (exact) mass is 267 g/mol. The molecule has 1 aromatic carbocycles. The molecule has 100 valence electrons. The summed E-state index contributed by atoms with van der Waals surface area (Å²) in [6.45, 7) is 3.27. The molecule has 0 radical (unpaired) electrons. The molecule has 1 aliphatic rings. The SMILES string of the molecule is CC1(c2cccc(Cl)c2)CCC(NCCO)CC1. The standard InChI is InChI=1S/C15H22ClNO/c1-15(12-3-2-4-13(16)11-12)7-5-14(6-8-15)17-9-10-18/h2-4,11,14,17-18H,5-10H2,1H3. The van der Waals surface area contributed by atoms with E-state index < -0.39 is 0 Å². The molecule has 0 spiro atoms. The minimum Gasteiger partial charge on any atom is -0.395 e. The van der Waals surface area contributed by atoms with Gasteiger partial charge in [0.1, 0.15) is 0 Å². The summed E-state index contributed by atoms with van der Waals surface area (Å²) in [5.74, 6) is 0. The number of aliphatic hydroxyl groups excluding tert-OH is 1. The second kappa shape index (κ2) is 6.05. The van der Waals surface area contributed by atoms with Crippen LogP contribution in [-0.2, 0) is 5.41 Å². The van der Waals surface area contributed by atoms with Gasteiger partial charge >= 0.3 is 0 Å². The van der Waals surface area contributed by atoms with Crippen LogP contribution < -0.4 is 5.32 Å². The molecule has 0 amide bonds. The van der Waals surface area contributed by atoms with Crippen LogP contribution in [0.3, 0.4) is 0 Å². The molecular weight excluding hydrogens is 246 g/mol. The predicted octanol–water partition coefficient (Wildman–Crippen LogP) is 3.12. The third-order valence-corrected chi connectivity index (χ3v) is 4.39. The average molecular weight is 268 g/mol. The van der Waals surface area contributed by atoms with Crippen LogP contribution in [0.2, 0.25) is 5.02 Å². The molecule has 1 fully saturated rings. The highest BCUT2D eigenvalue weighted by molar-refractivity contribution is 6.30. The van der Waals surface area contributed by atoms with Gasteiger partial charge in [0.05, 0.1) is 6.61 Å². The molecule has 0 unspecified atom stereocenters. The van der Waals surface area contributed by atoms with E-state index in [-0.39, 0.29) is 12.0 Å². The topological polar surface area (TPSA) is 32.3 Å². The van der Waals surface area contributed by atoms with Crippen molar-refractivity contribution in [2.75, 3.05) is 13.2 Å². The first-order valence-corrected chi connectivity index (χ1v) is 7.12. The van der Waals surface area contributed by atoms with Gasteiger partial charge in [-0.25, -0.2) is 0 Å². The number of benzene rings is 1. The van der Waals surface area contributed by atoms with Crippen molar-refractivity contribution in [3.63, 3.8) is 0 Å². The number of rotatable bonds is 4. The van der Waals surface area contributed by atoms with Crippen molar-refractivity contribution in [2.24, 2.45) is 0 Å². The lowest BCUT2D eigenvalue weighted by atomic mass is 9.69. The van der Waals surface area contributed by atoms with Crippen LogP contribution in [0, 0.1) is 0 Å². The zero-order chi connectivity index (χ0) is 13.0. The van der Waals surface area contributed by atoms with E-state index >= 15 is 0 Å². The molecule has 0 saturated heterocycles. The Kier molecular flexibility index (Phi) is 4.66. The predicted molar refractivity (Wildman–Crippen MR) is 76.1 cm³/mol. The van der Waals surface area contributed by atoms with E-state index in [0.29, 0.717) is 12.6 Å². The van der Waals surface area contributed by atoms with Crippen LogP contribution in [0.5, 0.6) is 0 Å². The molecule has 0 heterocycles. The van der Waals surface area contributed by atoms with Gasteiger partial charge in [-0.1, -0.05) is 30.7 Å². The summed E-state index contributed by atoms with van der Waals surface area (Å²) < 4.78 is 0. The van der Waals surface area contributed by atoms with E-state index in [1.165, 1.54) is 31.2 Å². The van der Waals surface area contributed by atoms with Crippen molar-refractivity contribution >= 4 is 11.6 Å². The lowest BCUT2D eigenvalue weighted by molar-refractivity contribution is 0.239. The molecule has 0 atom stereocenters. The first-order valence-electron chi connectivity index (χ1n) is 6.74. The van der Waals surface area contributed by atoms with Crippen LogP contribution in [0.15, 0.2) is 24.3 Å². The van der Waals surface area contributed by atoms with Crippen LogP contribution in [0.25, 0.3) is 0 Å². The Bertz CT molecular complexity index is 386. The Morgan fingerprint density at radius 3 is 2.72 bits per heavy atom. The van der Waals surface area contributed by atoms with Crippen LogP contribution in [-0.4, -0.2) is 24.3 Å². The second-order valence-corrected chi connectivity index (χ2v) is 5.96. The number of hydrogen-bond donors (Lipinski definition) is 2. The van der Waals surface area contributed by atoms with Gasteiger partial charge in [0, 0.05) is 17.6 Å². The van der Waals surface area contributed by atoms with Crippen molar-refractivity contribution in [3.05, 3.63) is 34.9 Å². The molecule has 2 nitrogen and oxygen atoms in total. The van der Waals surface area contributed by atoms with Crippen molar-refractivity contribution in [3.8, 4) is 0 Å². The Labute approximate surface area is 114 Å². The first kappa shape index (κ1) is 13.9. The molecular formula is C15H22ClNO. The third-order valence-electron chi connectivity index (χ3n) is 4.16. The number of nitrogens with one attached hydrogen (secondary N) is 1. The summed E-state index contributed by atoms with van der Waals surface area (Å²) in [6, 6.07) is 8.82. The zero-order valence-corrected chi connectivity index (χ0v) is 11.7. The van der Waals surface area contributed by atoms with E-state index in [0.717, 1.165) is 5.02 Å². The van der Waals surface area contributed by atoms with Gasteiger partial charge < -0.3 is 10.4 Å². The largest absolute Gasteiger partial charge is 0.395 e. The lowest BCUT2D eigenvalue weighted by Crippen LogP contribution is -2.39. The Morgan fingerprint density at radius 2 is 2.11 bits per heavy atom. The quantitative estimate of drug-likeness (QED) is 0.879. The van der Waals surface area contributed by atoms with Crippen LogP contribution in [0.1, 0.15) is 38.2 Å². The highest BCUT2D eigenvalue weighted by Gasteiger charge is 2.32. The van der Waals surface area contributed by atoms with Gasteiger partial charge in [-0.05, 0) is 48.8 Å². The van der Waals surface area contributed by atoms with E-state index in [1.54, 1.807) is 0 Å². The molecule has 1 aliphatic carbocycles. The number of halogens is 1. The highest BCUT2D eigenvalue weighted by Crippen LogP contribution is 2.39. The summed E-state index contributed by atoms with van der Waals surface area (Å²) in [6.07, 6.45) is 4.69. The maximum absolute atomic E-state index is 8.83. The van der Waals surface area contributed by atoms with Gasteiger partial charge in [-0.2, -0.15) is 0 Å². The number of aliphatic hydroxyl groups is 1. The van der Waals surface area contributed by atoms with Crippen molar-refractivity contribution in [2.45, 2.75) is 44.1 Å². The van der Waals surface area contributed by atoms with E-state index in [9.17, 15) is 0 Å². The van der Waals surface area contributed by atoms with Crippen LogP contribution in [0.4, 0.5) is 0 Å². The summed E-state index contributed by atoms with van der Waals surface area (Å²) in [5.41, 5.74) is 1.61. The minimum atomic E-state index is 0.224. The Morgan fingerprint density at radius 1 is 1.39 bits per heavy atom. The molecule has 18 heavy (non-hydrogen) atoms. The summed E-state index contributed by atoms with van der Waals surface area (Å²) in [7, 11) is 0. The third kappa shape index (κ3) is 3.25. The minimum absolute atomic E-state index is 0.224. The Hall–Kier alpha value is -0.570. The molecule has 2 N–H and O–H groups in total. The number of hydrogen-bond acceptors (Lipinski definition) is 2. The normalized spacial score (nSPS) is 28.3. The van der Waals surface area contributed by atoms with Gasteiger partial charge in [0.2, 0.25) is 0 Å². The maximum atomic E-state index is 8.83. The fourth-order valence-corrected chi connectivity index (χ4v) is 3.07. The Balaban J connectivity index is 1.98. The molecule has 0 aromatic heterocycles. The summed E-state index contributed by atoms with van der Waals surface area (Å²) >= 11 is 6.08. The fraction of sp³-hybridized carbons (Fsp3) is 0.600. The molecule has 2 rings (SSSR count). The van der Waals surface area contributed by atoms with Gasteiger partial charge in [-0.15, -0.1) is 0 Å². The smallest absolute Gasteiger partial charge is 0.0556 e. The van der Waals surface area contributed by atoms with Crippen molar-refractivity contribution in [1.82, 2.24) is 5.32 Å². The van der Waals surface area contributed by atoms with E-state index in [4.69, 9.17) is 16.7 Å². The second-order valence-electron chi connectivity index (χ2n) is 5.52. The van der Waals surface area contributed by atoms with E-state index in [2.05, 4.69) is 24.4 Å². The average Bonchev–Trinajstić information content (AvgIpc) is 2.38. The van der Waals surface area contributed by atoms with Crippen LogP contribution >= 0.6 is 11.6 Å². The zero-order valence-electron chi connectivity index (χ0n) is 11.0. The van der Waals surface area contributed by atoms with Gasteiger partial charge in [0.15, 0.2) is 0 Å². The van der Waals surface area contributed by atoms with Crippen molar-refractivity contribution < 1.29 is 5.11 Å². The van der Waals surface area contributed by atoms with Crippen molar-refractivity contribution in [1.29, 1.82) is 0 Å². The lowest BCUT2D eigenvalue weighted by Gasteiger charge is -2.38. The molecule has 3 heteroatoms. The van der Waals surface area contributed by atoms with E-state index in [1.807, 2.05) is 12.1 Å². The molecule has 0 aliphatic heterocycles. The molecule has 1 aromatic rings.